The van der Waals surface area contributed by atoms with Crippen LogP contribution in [0.15, 0.2) is 50.9 Å². The minimum Gasteiger partial charge on any atom is -0.280 e. The van der Waals surface area contributed by atoms with Crippen molar-refractivity contribution in [2.75, 3.05) is 0 Å². The number of aromatic nitrogens is 4. The van der Waals surface area contributed by atoms with Crippen LogP contribution in [0.3, 0.4) is 0 Å². The molecule has 0 aliphatic carbocycles. The highest BCUT2D eigenvalue weighted by Gasteiger charge is 2.12. The van der Waals surface area contributed by atoms with Gasteiger partial charge in [0.1, 0.15) is 10.3 Å². The van der Waals surface area contributed by atoms with Crippen LogP contribution < -0.4 is 11.2 Å². The Morgan fingerprint density at radius 3 is 2.65 bits per heavy atom. The van der Waals surface area contributed by atoms with Gasteiger partial charge in [-0.05, 0) is 40.2 Å². The summed E-state index contributed by atoms with van der Waals surface area (Å²) >= 11 is 3.22. The normalized spacial score (nSPS) is 10.9. The Balaban J connectivity index is 2.45. The summed E-state index contributed by atoms with van der Waals surface area (Å²) in [7, 11) is 1.58. The van der Waals surface area contributed by atoms with Gasteiger partial charge in [0.05, 0.1) is 17.3 Å². The number of hydrogen-bond acceptors (Lipinski definition) is 4. The van der Waals surface area contributed by atoms with Gasteiger partial charge in [0, 0.05) is 13.2 Å². The second-order valence-corrected chi connectivity index (χ2v) is 5.01. The van der Waals surface area contributed by atoms with E-state index in [0.717, 1.165) is 4.57 Å². The first kappa shape index (κ1) is 12.7. The van der Waals surface area contributed by atoms with E-state index < -0.39 is 11.2 Å². The van der Waals surface area contributed by atoms with Crippen molar-refractivity contribution in [2.24, 2.45) is 7.05 Å². The summed E-state index contributed by atoms with van der Waals surface area (Å²) in [5, 5.41) is 0.387. The van der Waals surface area contributed by atoms with Gasteiger partial charge in [-0.3, -0.25) is 9.36 Å². The average molecular weight is 333 g/mol. The zero-order chi connectivity index (χ0) is 14.3. The first-order chi connectivity index (χ1) is 9.59. The van der Waals surface area contributed by atoms with E-state index in [9.17, 15) is 9.59 Å². The van der Waals surface area contributed by atoms with Crippen LogP contribution in [0.1, 0.15) is 0 Å². The lowest BCUT2D eigenvalue weighted by molar-refractivity contribution is 0.762. The Labute approximate surface area is 121 Å². The van der Waals surface area contributed by atoms with Gasteiger partial charge in [0.2, 0.25) is 0 Å². The minimum absolute atomic E-state index is 0.365. The van der Waals surface area contributed by atoms with Crippen molar-refractivity contribution in [3.8, 4) is 5.69 Å². The number of fused-ring (bicyclic) bond motifs is 1. The van der Waals surface area contributed by atoms with E-state index in [1.165, 1.54) is 10.8 Å². The lowest BCUT2D eigenvalue weighted by Gasteiger charge is -2.09. The zero-order valence-corrected chi connectivity index (χ0v) is 12.0. The number of aryl methyl sites for hydroxylation is 1. The van der Waals surface area contributed by atoms with E-state index in [1.807, 2.05) is 0 Å². The Morgan fingerprint density at radius 2 is 1.95 bits per heavy atom. The summed E-state index contributed by atoms with van der Waals surface area (Å²) in [4.78, 5) is 32.9. The molecule has 0 aromatic carbocycles. The molecule has 0 spiro atoms. The third-order valence-electron chi connectivity index (χ3n) is 2.99. The Morgan fingerprint density at radius 1 is 1.15 bits per heavy atom. The second-order valence-electron chi connectivity index (χ2n) is 4.20. The van der Waals surface area contributed by atoms with Crippen LogP contribution in [-0.4, -0.2) is 19.1 Å². The Kier molecular flexibility index (Phi) is 2.98. The molecule has 6 nitrogen and oxygen atoms in total. The van der Waals surface area contributed by atoms with Crippen molar-refractivity contribution >= 4 is 27.0 Å². The van der Waals surface area contributed by atoms with E-state index in [1.54, 1.807) is 37.5 Å². The predicted molar refractivity (Wildman–Crippen MR) is 78.1 cm³/mol. The number of rotatable bonds is 1. The van der Waals surface area contributed by atoms with E-state index in [0.29, 0.717) is 21.3 Å². The van der Waals surface area contributed by atoms with Crippen molar-refractivity contribution in [3.05, 3.63) is 62.1 Å². The molecule has 0 radical (unpaired) electrons. The van der Waals surface area contributed by atoms with Crippen LogP contribution in [0, 0.1) is 0 Å². The molecule has 3 aromatic rings. The molecule has 3 rings (SSSR count). The topological polar surface area (TPSA) is 69.8 Å². The monoisotopic (exact) mass is 332 g/mol. The maximum Gasteiger partial charge on any atom is 0.337 e. The SMILES string of the molecule is Cn1c(=O)n(-c2ccc(Br)nc2)c(=O)c2cccnc21. The van der Waals surface area contributed by atoms with Crippen LogP contribution in [-0.2, 0) is 7.05 Å². The fourth-order valence-corrected chi connectivity index (χ4v) is 2.24. The first-order valence-corrected chi connectivity index (χ1v) is 6.57. The highest BCUT2D eigenvalue weighted by atomic mass is 79.9. The molecule has 0 bridgehead atoms. The van der Waals surface area contributed by atoms with Crippen LogP contribution in [0.25, 0.3) is 16.7 Å². The van der Waals surface area contributed by atoms with Gasteiger partial charge in [-0.15, -0.1) is 0 Å². The molecule has 20 heavy (non-hydrogen) atoms. The summed E-state index contributed by atoms with van der Waals surface area (Å²) in [5.74, 6) is 0. The molecule has 0 fully saturated rings. The number of halogens is 1. The van der Waals surface area contributed by atoms with Crippen LogP contribution in [0.4, 0.5) is 0 Å². The quantitative estimate of drug-likeness (QED) is 0.629. The van der Waals surface area contributed by atoms with Gasteiger partial charge in [-0.1, -0.05) is 0 Å². The molecule has 0 saturated heterocycles. The molecule has 0 unspecified atom stereocenters. The highest BCUT2D eigenvalue weighted by molar-refractivity contribution is 9.10. The van der Waals surface area contributed by atoms with Gasteiger partial charge >= 0.3 is 5.69 Å². The third-order valence-corrected chi connectivity index (χ3v) is 3.46. The van der Waals surface area contributed by atoms with E-state index in [2.05, 4.69) is 25.9 Å². The molecule has 0 atom stereocenters. The van der Waals surface area contributed by atoms with Gasteiger partial charge < -0.3 is 0 Å². The van der Waals surface area contributed by atoms with Gasteiger partial charge in [-0.2, -0.15) is 0 Å². The first-order valence-electron chi connectivity index (χ1n) is 5.78. The second kappa shape index (κ2) is 4.68. The van der Waals surface area contributed by atoms with Crippen molar-refractivity contribution in [1.29, 1.82) is 0 Å². The fourth-order valence-electron chi connectivity index (χ4n) is 2.01. The van der Waals surface area contributed by atoms with Crippen LogP contribution >= 0.6 is 15.9 Å². The summed E-state index contributed by atoms with van der Waals surface area (Å²) in [5.41, 5.74) is -0.0704. The summed E-state index contributed by atoms with van der Waals surface area (Å²) in [6.45, 7) is 0. The molecule has 100 valence electrons. The standard InChI is InChI=1S/C13H9BrN4O2/c1-17-11-9(3-2-6-15-11)12(19)18(13(17)20)8-4-5-10(14)16-7-8/h2-7H,1H3. The molecule has 0 N–H and O–H groups in total. The molecule has 3 heterocycles. The highest BCUT2D eigenvalue weighted by Crippen LogP contribution is 2.09. The Bertz CT molecular complexity index is 912. The largest absolute Gasteiger partial charge is 0.337 e. The van der Waals surface area contributed by atoms with E-state index in [4.69, 9.17) is 0 Å². The number of pyridine rings is 2. The van der Waals surface area contributed by atoms with Crippen molar-refractivity contribution < 1.29 is 0 Å². The lowest BCUT2D eigenvalue weighted by Crippen LogP contribution is -2.38. The number of hydrogen-bond donors (Lipinski definition) is 0. The van der Waals surface area contributed by atoms with Crippen LogP contribution in [0.2, 0.25) is 0 Å². The fraction of sp³-hybridized carbons (Fsp3) is 0.0769. The molecule has 3 aromatic heterocycles. The third kappa shape index (κ3) is 1.87. The van der Waals surface area contributed by atoms with Gasteiger partial charge in [-0.25, -0.2) is 19.3 Å². The minimum atomic E-state index is -0.453. The molecule has 7 heteroatoms. The summed E-state index contributed by atoms with van der Waals surface area (Å²) < 4.78 is 3.07. The molecular formula is C13H9BrN4O2. The van der Waals surface area contributed by atoms with Crippen molar-refractivity contribution in [3.63, 3.8) is 0 Å². The molecular weight excluding hydrogens is 324 g/mol. The van der Waals surface area contributed by atoms with Gasteiger partial charge in [0.15, 0.2) is 0 Å². The molecule has 0 saturated carbocycles. The maximum absolute atomic E-state index is 12.5. The predicted octanol–water partition coefficient (Wildman–Crippen LogP) is 1.24. The Hall–Kier alpha value is -2.28. The number of nitrogens with zero attached hydrogens (tertiary/aromatic N) is 4. The van der Waals surface area contributed by atoms with Crippen LogP contribution in [0.5, 0.6) is 0 Å². The molecule has 0 aliphatic rings. The van der Waals surface area contributed by atoms with E-state index >= 15 is 0 Å². The average Bonchev–Trinajstić information content (AvgIpc) is 2.47. The zero-order valence-electron chi connectivity index (χ0n) is 10.4. The molecule has 0 amide bonds. The molecule has 0 aliphatic heterocycles. The summed E-state index contributed by atoms with van der Waals surface area (Å²) in [6.07, 6.45) is 3.02. The lowest BCUT2D eigenvalue weighted by atomic mass is 10.3. The maximum atomic E-state index is 12.5. The van der Waals surface area contributed by atoms with Gasteiger partial charge in [0.25, 0.3) is 5.56 Å². The summed E-state index contributed by atoms with van der Waals surface area (Å²) in [6, 6.07) is 6.64. The van der Waals surface area contributed by atoms with E-state index in [-0.39, 0.29) is 0 Å². The van der Waals surface area contributed by atoms with Crippen molar-refractivity contribution in [2.45, 2.75) is 0 Å². The van der Waals surface area contributed by atoms with Crippen molar-refractivity contribution in [1.82, 2.24) is 19.1 Å². The smallest absolute Gasteiger partial charge is 0.280 e.